The number of halogens is 1. The van der Waals surface area contributed by atoms with Crippen LogP contribution in [0.4, 0.5) is 0 Å². The first-order chi connectivity index (χ1) is 9.16. The van der Waals surface area contributed by atoms with E-state index >= 15 is 0 Å². The summed E-state index contributed by atoms with van der Waals surface area (Å²) in [6, 6.07) is 0.382. The van der Waals surface area contributed by atoms with E-state index in [0.717, 1.165) is 13.0 Å². The fourth-order valence-corrected chi connectivity index (χ4v) is 6.25. The van der Waals surface area contributed by atoms with Gasteiger partial charge in [-0.25, -0.2) is 0 Å². The third kappa shape index (κ3) is 1.69. The molecule has 0 aromatic heterocycles. The van der Waals surface area contributed by atoms with Crippen LogP contribution in [0.15, 0.2) is 0 Å². The number of fused-ring (bicyclic) bond motifs is 2. The lowest BCUT2D eigenvalue weighted by molar-refractivity contribution is -0.142. The van der Waals surface area contributed by atoms with Crippen LogP contribution in [0.3, 0.4) is 0 Å². The predicted molar refractivity (Wildman–Crippen MR) is 76.7 cm³/mol. The van der Waals surface area contributed by atoms with E-state index in [1.54, 1.807) is 0 Å². The highest BCUT2D eigenvalue weighted by Crippen LogP contribution is 2.52. The van der Waals surface area contributed by atoms with Gasteiger partial charge in [0.1, 0.15) is 6.10 Å². The Morgan fingerprint density at radius 3 is 2.79 bits per heavy atom. The van der Waals surface area contributed by atoms with Crippen molar-refractivity contribution in [3.63, 3.8) is 0 Å². The molecule has 0 spiro atoms. The summed E-state index contributed by atoms with van der Waals surface area (Å²) < 4.78 is 5.95. The normalized spacial score (nSPS) is 48.6. The standard InChI is InChI=1S/C14H18INO3/c15-12-7-3-1-2-4-16-10(17)5-8(13(7)16)9-6-11(18)19-14(9)12/h7-9,12-14H,1-6H2/t7-,8-,9-,12-,13-,14-/m1/s1. The second-order valence-corrected chi connectivity index (χ2v) is 7.81. The maximum Gasteiger partial charge on any atom is 0.306 e. The van der Waals surface area contributed by atoms with Crippen molar-refractivity contribution in [3.05, 3.63) is 0 Å². The zero-order valence-electron chi connectivity index (χ0n) is 10.8. The van der Waals surface area contributed by atoms with E-state index in [0.29, 0.717) is 40.6 Å². The molecule has 0 aromatic carbocycles. The van der Waals surface area contributed by atoms with Gasteiger partial charge in [0.05, 0.1) is 10.3 Å². The van der Waals surface area contributed by atoms with Gasteiger partial charge in [-0.1, -0.05) is 29.0 Å². The Labute approximate surface area is 126 Å². The number of amides is 1. The van der Waals surface area contributed by atoms with Crippen molar-refractivity contribution < 1.29 is 14.3 Å². The lowest BCUT2D eigenvalue weighted by atomic mass is 9.68. The third-order valence-electron chi connectivity index (χ3n) is 5.52. The molecule has 4 nitrogen and oxygen atoms in total. The molecule has 0 aromatic rings. The number of carbonyl (C=O) groups is 2. The molecule has 1 aliphatic carbocycles. The van der Waals surface area contributed by atoms with Crippen LogP contribution in [0, 0.1) is 17.8 Å². The minimum Gasteiger partial charge on any atom is -0.461 e. The monoisotopic (exact) mass is 375 g/mol. The molecular weight excluding hydrogens is 357 g/mol. The Morgan fingerprint density at radius 2 is 1.95 bits per heavy atom. The quantitative estimate of drug-likeness (QED) is 0.368. The Kier molecular flexibility index (Phi) is 2.83. The van der Waals surface area contributed by atoms with Gasteiger partial charge in [0.2, 0.25) is 5.91 Å². The van der Waals surface area contributed by atoms with Crippen molar-refractivity contribution in [2.24, 2.45) is 17.8 Å². The Balaban J connectivity index is 1.74. The largest absolute Gasteiger partial charge is 0.461 e. The van der Waals surface area contributed by atoms with Crippen LogP contribution in [0.2, 0.25) is 0 Å². The van der Waals surface area contributed by atoms with Crippen LogP contribution in [-0.2, 0) is 14.3 Å². The van der Waals surface area contributed by atoms with Gasteiger partial charge in [-0.05, 0) is 24.7 Å². The van der Waals surface area contributed by atoms with Crippen molar-refractivity contribution in [1.29, 1.82) is 0 Å². The van der Waals surface area contributed by atoms with E-state index in [-0.39, 0.29) is 18.0 Å². The zero-order chi connectivity index (χ0) is 13.1. The Hall–Kier alpha value is -0.330. The molecule has 4 rings (SSSR count). The maximum atomic E-state index is 12.3. The lowest BCUT2D eigenvalue weighted by Gasteiger charge is -2.45. The van der Waals surface area contributed by atoms with Crippen LogP contribution in [0.1, 0.15) is 32.1 Å². The third-order valence-corrected chi connectivity index (χ3v) is 7.15. The minimum atomic E-state index is -0.0565. The summed E-state index contributed by atoms with van der Waals surface area (Å²) in [4.78, 5) is 26.1. The van der Waals surface area contributed by atoms with Crippen molar-refractivity contribution in [2.75, 3.05) is 6.54 Å². The number of carbonyl (C=O) groups excluding carboxylic acids is 2. The SMILES string of the molecule is O=C1C[C@@H]2[C@H]3CC(=O)N4CCCC[C@H]([C@@H](I)[C@@H]2O1)[C@H]34. The van der Waals surface area contributed by atoms with Crippen molar-refractivity contribution in [1.82, 2.24) is 4.90 Å². The van der Waals surface area contributed by atoms with Gasteiger partial charge in [-0.3, -0.25) is 9.59 Å². The fourth-order valence-electron chi connectivity index (χ4n) is 4.78. The Morgan fingerprint density at radius 1 is 1.11 bits per heavy atom. The highest BCUT2D eigenvalue weighted by molar-refractivity contribution is 14.1. The highest BCUT2D eigenvalue weighted by Gasteiger charge is 2.59. The molecular formula is C14H18INO3. The molecule has 5 heteroatoms. The second-order valence-electron chi connectivity index (χ2n) is 6.37. The first-order valence-electron chi connectivity index (χ1n) is 7.30. The molecule has 3 saturated heterocycles. The fraction of sp³-hybridized carbons (Fsp3) is 0.857. The van der Waals surface area contributed by atoms with Crippen molar-refractivity contribution >= 4 is 34.5 Å². The van der Waals surface area contributed by atoms with Gasteiger partial charge in [-0.15, -0.1) is 0 Å². The number of ether oxygens (including phenoxy) is 1. The second kappa shape index (κ2) is 4.33. The summed E-state index contributed by atoms with van der Waals surface area (Å²) in [6.07, 6.45) is 4.73. The van der Waals surface area contributed by atoms with E-state index < -0.39 is 0 Å². The van der Waals surface area contributed by atoms with Crippen LogP contribution in [-0.4, -0.2) is 39.4 Å². The maximum absolute atomic E-state index is 12.3. The molecule has 0 radical (unpaired) electrons. The van der Waals surface area contributed by atoms with Gasteiger partial charge < -0.3 is 9.64 Å². The molecule has 0 unspecified atom stereocenters. The van der Waals surface area contributed by atoms with Crippen LogP contribution in [0.5, 0.6) is 0 Å². The van der Waals surface area contributed by atoms with Crippen molar-refractivity contribution in [2.45, 2.75) is 48.2 Å². The van der Waals surface area contributed by atoms with Crippen LogP contribution in [0.25, 0.3) is 0 Å². The number of alkyl halides is 1. The zero-order valence-corrected chi connectivity index (χ0v) is 12.9. The molecule has 0 N–H and O–H groups in total. The van der Waals surface area contributed by atoms with E-state index in [2.05, 4.69) is 27.5 Å². The van der Waals surface area contributed by atoms with Crippen LogP contribution >= 0.6 is 22.6 Å². The number of hydrogen-bond acceptors (Lipinski definition) is 3. The lowest BCUT2D eigenvalue weighted by Crippen LogP contribution is -2.53. The Bertz CT molecular complexity index is 440. The summed E-state index contributed by atoms with van der Waals surface area (Å²) in [6.45, 7) is 0.923. The molecule has 0 bridgehead atoms. The molecule has 6 atom stereocenters. The number of esters is 1. The highest BCUT2D eigenvalue weighted by atomic mass is 127. The minimum absolute atomic E-state index is 0.0565. The number of rotatable bonds is 0. The van der Waals surface area contributed by atoms with E-state index in [9.17, 15) is 9.59 Å². The van der Waals surface area contributed by atoms with E-state index in [1.807, 2.05) is 0 Å². The number of nitrogens with zero attached hydrogens (tertiary/aromatic N) is 1. The van der Waals surface area contributed by atoms with Gasteiger partial charge in [0.25, 0.3) is 0 Å². The first-order valence-corrected chi connectivity index (χ1v) is 8.54. The number of hydrogen-bond donors (Lipinski definition) is 0. The molecule has 3 aliphatic heterocycles. The predicted octanol–water partition coefficient (Wildman–Crippen LogP) is 1.75. The summed E-state index contributed by atoms with van der Waals surface area (Å²) >= 11 is 2.48. The smallest absolute Gasteiger partial charge is 0.306 e. The molecule has 4 aliphatic rings. The van der Waals surface area contributed by atoms with Crippen molar-refractivity contribution in [3.8, 4) is 0 Å². The van der Waals surface area contributed by atoms with E-state index in [1.165, 1.54) is 12.8 Å². The van der Waals surface area contributed by atoms with Gasteiger partial charge >= 0.3 is 5.97 Å². The van der Waals surface area contributed by atoms with Gasteiger partial charge in [0.15, 0.2) is 0 Å². The topological polar surface area (TPSA) is 46.6 Å². The first kappa shape index (κ1) is 12.4. The van der Waals surface area contributed by atoms with E-state index in [4.69, 9.17) is 4.74 Å². The molecule has 3 heterocycles. The van der Waals surface area contributed by atoms with Gasteiger partial charge in [0, 0.05) is 24.9 Å². The summed E-state index contributed by atoms with van der Waals surface area (Å²) in [5, 5.41) is 0. The summed E-state index contributed by atoms with van der Waals surface area (Å²) in [5.74, 6) is 1.41. The molecule has 1 saturated carbocycles. The molecule has 104 valence electrons. The molecule has 19 heavy (non-hydrogen) atoms. The van der Waals surface area contributed by atoms with Gasteiger partial charge in [-0.2, -0.15) is 0 Å². The average molecular weight is 375 g/mol. The van der Waals surface area contributed by atoms with Crippen LogP contribution < -0.4 is 0 Å². The average Bonchev–Trinajstić information content (AvgIpc) is 2.81. The summed E-state index contributed by atoms with van der Waals surface area (Å²) in [5.41, 5.74) is 0. The molecule has 1 amide bonds. The summed E-state index contributed by atoms with van der Waals surface area (Å²) in [7, 11) is 0. The molecule has 4 fully saturated rings.